The number of unbranched alkanes of at least 4 members (excludes halogenated alkanes) is 3. The summed E-state index contributed by atoms with van der Waals surface area (Å²) >= 11 is 1.28. The molecule has 0 bridgehead atoms. The van der Waals surface area contributed by atoms with Crippen LogP contribution in [-0.4, -0.2) is 44.9 Å². The second-order valence-corrected chi connectivity index (χ2v) is 11.9. The van der Waals surface area contributed by atoms with Crippen LogP contribution in [0.15, 0.2) is 66.4 Å². The number of hydrogen-bond donors (Lipinski definition) is 1. The Kier molecular flexibility index (Phi) is 8.09. The molecule has 9 nitrogen and oxygen atoms in total. The van der Waals surface area contributed by atoms with Crippen molar-refractivity contribution < 1.29 is 24.2 Å². The molecule has 1 saturated heterocycles. The molecule has 2 aromatic carbocycles. The van der Waals surface area contributed by atoms with Gasteiger partial charge in [-0.1, -0.05) is 55.7 Å². The minimum atomic E-state index is -0.929. The van der Waals surface area contributed by atoms with E-state index >= 15 is 0 Å². The zero-order valence-corrected chi connectivity index (χ0v) is 26.0. The molecule has 6 rings (SSSR count). The molecule has 4 heterocycles. The number of aliphatic hydroxyl groups is 1. The Morgan fingerprint density at radius 2 is 1.77 bits per heavy atom. The van der Waals surface area contributed by atoms with Crippen molar-refractivity contribution in [3.8, 4) is 11.5 Å². The highest BCUT2D eigenvalue weighted by Crippen LogP contribution is 2.45. The molecule has 1 fully saturated rings. The third-order valence-corrected chi connectivity index (χ3v) is 9.02. The summed E-state index contributed by atoms with van der Waals surface area (Å²) in [7, 11) is 1.59. The van der Waals surface area contributed by atoms with E-state index in [9.17, 15) is 14.7 Å². The molecule has 1 atom stereocenters. The lowest BCUT2D eigenvalue weighted by Crippen LogP contribution is -2.29. The number of methoxy groups -OCH3 is 1. The minimum Gasteiger partial charge on any atom is -0.505 e. The Hall–Kier alpha value is -4.70. The summed E-state index contributed by atoms with van der Waals surface area (Å²) in [4.78, 5) is 38.3. The molecular weight excluding hydrogens is 576 g/mol. The predicted molar refractivity (Wildman–Crippen MR) is 172 cm³/mol. The topological polar surface area (TPSA) is 106 Å². The number of carbonyl (C=O) groups is 2. The fraction of sp³-hybridized carbons (Fsp3) is 0.294. The average Bonchev–Trinajstić information content (AvgIpc) is 3.69. The van der Waals surface area contributed by atoms with E-state index in [2.05, 4.69) is 6.92 Å². The highest BCUT2D eigenvalue weighted by Gasteiger charge is 2.48. The summed E-state index contributed by atoms with van der Waals surface area (Å²) < 4.78 is 14.0. The van der Waals surface area contributed by atoms with E-state index in [1.165, 1.54) is 22.7 Å². The molecule has 0 spiro atoms. The van der Waals surface area contributed by atoms with Crippen LogP contribution in [0.1, 0.15) is 61.2 Å². The van der Waals surface area contributed by atoms with Crippen LogP contribution in [0, 0.1) is 13.8 Å². The number of thiazole rings is 1. The highest BCUT2D eigenvalue weighted by atomic mass is 32.1. The zero-order valence-electron chi connectivity index (χ0n) is 25.2. The number of pyridine rings is 1. The van der Waals surface area contributed by atoms with Gasteiger partial charge in [-0.15, -0.1) is 0 Å². The summed E-state index contributed by atoms with van der Waals surface area (Å²) in [6.07, 6.45) is 6.26. The lowest BCUT2D eigenvalue weighted by atomic mass is 9.96. The number of aliphatic hydroxyl groups excluding tert-OH is 1. The summed E-state index contributed by atoms with van der Waals surface area (Å²) in [5, 5.41) is 12.1. The van der Waals surface area contributed by atoms with Crippen molar-refractivity contribution in [2.45, 2.75) is 52.5 Å². The van der Waals surface area contributed by atoms with Crippen molar-refractivity contribution in [3.63, 3.8) is 0 Å². The first-order valence-electron chi connectivity index (χ1n) is 14.7. The molecule has 1 amide bonds. The third-order valence-electron chi connectivity index (χ3n) is 8.01. The van der Waals surface area contributed by atoms with Gasteiger partial charge in [0.15, 0.2) is 10.9 Å². The van der Waals surface area contributed by atoms with Gasteiger partial charge in [-0.25, -0.2) is 9.97 Å². The molecule has 1 aliphatic rings. The number of nitrogens with zero attached hydrogens (tertiary/aromatic N) is 4. The van der Waals surface area contributed by atoms with Crippen LogP contribution >= 0.6 is 11.3 Å². The lowest BCUT2D eigenvalue weighted by molar-refractivity contribution is -0.132. The van der Waals surface area contributed by atoms with Crippen molar-refractivity contribution in [1.29, 1.82) is 0 Å². The number of amides is 1. The van der Waals surface area contributed by atoms with E-state index in [-0.39, 0.29) is 17.0 Å². The van der Waals surface area contributed by atoms with Crippen molar-refractivity contribution in [2.75, 3.05) is 18.6 Å². The molecule has 10 heteroatoms. The quantitative estimate of drug-likeness (QED) is 0.0774. The largest absolute Gasteiger partial charge is 0.505 e. The maximum Gasteiger partial charge on any atom is 0.301 e. The van der Waals surface area contributed by atoms with Crippen molar-refractivity contribution in [1.82, 2.24) is 14.4 Å². The zero-order chi connectivity index (χ0) is 31.0. The van der Waals surface area contributed by atoms with Crippen LogP contribution in [0.25, 0.3) is 21.6 Å². The molecule has 226 valence electrons. The second kappa shape index (κ2) is 12.1. The number of ether oxygens (including phenoxy) is 2. The number of carbonyl (C=O) groups excluding carboxylic acids is 2. The molecule has 44 heavy (non-hydrogen) atoms. The average molecular weight is 611 g/mol. The lowest BCUT2D eigenvalue weighted by Gasteiger charge is -2.23. The van der Waals surface area contributed by atoms with Gasteiger partial charge in [0.25, 0.3) is 5.78 Å². The molecule has 0 radical (unpaired) electrons. The summed E-state index contributed by atoms with van der Waals surface area (Å²) in [5.41, 5.74) is 3.76. The van der Waals surface area contributed by atoms with Gasteiger partial charge < -0.3 is 19.0 Å². The van der Waals surface area contributed by atoms with Crippen molar-refractivity contribution >= 4 is 49.8 Å². The minimum absolute atomic E-state index is 0.0378. The summed E-state index contributed by atoms with van der Waals surface area (Å²) in [6, 6.07) is 15.7. The SMILES string of the molecule is CCCCCCOc1ccc(C2/C(=C(\O)c3nc4c(C)cccn4c3C)C(=O)C(=O)N2c2nc3ccc(OC)cc3s2)cc1. The first kappa shape index (κ1) is 29.4. The number of aromatic nitrogens is 3. The number of ketones is 1. The van der Waals surface area contributed by atoms with Crippen molar-refractivity contribution in [3.05, 3.63) is 88.9 Å². The molecule has 5 aromatic rings. The number of rotatable bonds is 10. The first-order valence-corrected chi connectivity index (χ1v) is 15.6. The fourth-order valence-electron chi connectivity index (χ4n) is 5.61. The van der Waals surface area contributed by atoms with E-state index in [0.717, 1.165) is 29.5 Å². The number of Topliss-reactive ketones (excluding diaryl/α,β-unsaturated/α-hetero) is 1. The van der Waals surface area contributed by atoms with Gasteiger partial charge in [0.1, 0.15) is 22.8 Å². The smallest absolute Gasteiger partial charge is 0.301 e. The fourth-order valence-corrected chi connectivity index (χ4v) is 6.63. The maximum atomic E-state index is 13.8. The number of imidazole rings is 1. The molecular formula is C34H34N4O5S. The second-order valence-electron chi connectivity index (χ2n) is 10.9. The van der Waals surface area contributed by atoms with Gasteiger partial charge >= 0.3 is 5.91 Å². The van der Waals surface area contributed by atoms with Crippen LogP contribution in [0.5, 0.6) is 11.5 Å². The normalized spacial score (nSPS) is 16.4. The van der Waals surface area contributed by atoms with Crippen LogP contribution in [0.3, 0.4) is 0 Å². The molecule has 1 aliphatic heterocycles. The predicted octanol–water partition coefficient (Wildman–Crippen LogP) is 7.15. The van der Waals surface area contributed by atoms with Gasteiger partial charge in [0.2, 0.25) is 0 Å². The molecule has 1 unspecified atom stereocenters. The summed E-state index contributed by atoms with van der Waals surface area (Å²) in [6.45, 7) is 6.54. The number of aryl methyl sites for hydroxylation is 2. The Morgan fingerprint density at radius 3 is 2.50 bits per heavy atom. The molecule has 1 N–H and O–H groups in total. The molecule has 0 aliphatic carbocycles. The Balaban J connectivity index is 1.46. The Bertz CT molecular complexity index is 1910. The van der Waals surface area contributed by atoms with Crippen LogP contribution in [0.4, 0.5) is 5.13 Å². The number of benzene rings is 2. The summed E-state index contributed by atoms with van der Waals surface area (Å²) in [5.74, 6) is -0.532. The van der Waals surface area contributed by atoms with Gasteiger partial charge in [0.05, 0.1) is 41.2 Å². The van der Waals surface area contributed by atoms with E-state index in [1.807, 2.05) is 73.0 Å². The highest BCUT2D eigenvalue weighted by molar-refractivity contribution is 7.22. The van der Waals surface area contributed by atoms with E-state index in [1.54, 1.807) is 13.2 Å². The van der Waals surface area contributed by atoms with E-state index < -0.39 is 17.7 Å². The maximum absolute atomic E-state index is 13.8. The number of fused-ring (bicyclic) bond motifs is 2. The van der Waals surface area contributed by atoms with E-state index in [4.69, 9.17) is 19.4 Å². The van der Waals surface area contributed by atoms with Gasteiger partial charge in [-0.3, -0.25) is 14.5 Å². The van der Waals surface area contributed by atoms with E-state index in [0.29, 0.717) is 45.7 Å². The van der Waals surface area contributed by atoms with Crippen LogP contribution in [-0.2, 0) is 9.59 Å². The number of hydrogen-bond acceptors (Lipinski definition) is 8. The standard InChI is InChI=1S/C34H34N4O5S/c1-5-6-7-8-18-43-23-13-11-22(12-14-23)29-27(30(39)28-21(3)37-17-9-10-20(2)32(37)36-28)31(40)33(41)38(29)34-35-25-16-15-24(42-4)19-26(25)44-34/h9-17,19,29,39H,5-8,18H2,1-4H3/b30-27+. The first-order chi connectivity index (χ1) is 21.3. The molecule has 3 aromatic heterocycles. The Morgan fingerprint density at radius 1 is 1.00 bits per heavy atom. The monoisotopic (exact) mass is 610 g/mol. The molecule has 0 saturated carbocycles. The van der Waals surface area contributed by atoms with Gasteiger partial charge in [-0.05, 0) is 67.8 Å². The third kappa shape index (κ3) is 5.19. The van der Waals surface area contributed by atoms with Crippen LogP contribution in [0.2, 0.25) is 0 Å². The van der Waals surface area contributed by atoms with Gasteiger partial charge in [0, 0.05) is 6.20 Å². The van der Waals surface area contributed by atoms with Gasteiger partial charge in [-0.2, -0.15) is 0 Å². The Labute approximate surface area is 259 Å². The number of anilines is 1. The van der Waals surface area contributed by atoms with Crippen LogP contribution < -0.4 is 14.4 Å². The van der Waals surface area contributed by atoms with Crippen molar-refractivity contribution in [2.24, 2.45) is 0 Å².